The number of nitrogens with zero attached hydrogens (tertiary/aromatic N) is 2. The van der Waals surface area contributed by atoms with Crippen molar-refractivity contribution in [2.24, 2.45) is 0 Å². The molecule has 2 amide bonds. The summed E-state index contributed by atoms with van der Waals surface area (Å²) in [5.74, 6) is -0.455. The van der Waals surface area contributed by atoms with Crippen molar-refractivity contribution in [3.8, 4) is 0 Å². The number of amides is 2. The van der Waals surface area contributed by atoms with E-state index in [1.807, 2.05) is 39.8 Å². The Balaban J connectivity index is 2.24. The Hall–Kier alpha value is -2.29. The number of hydrogen-bond donors (Lipinski definition) is 1. The van der Waals surface area contributed by atoms with Gasteiger partial charge >= 0.3 is 0 Å². The second kappa shape index (κ2) is 14.0. The van der Waals surface area contributed by atoms with Crippen LogP contribution in [-0.4, -0.2) is 50.5 Å². The van der Waals surface area contributed by atoms with E-state index < -0.39 is 16.1 Å². The number of hydrogen-bond acceptors (Lipinski definition) is 4. The third-order valence-corrected chi connectivity index (χ3v) is 8.14. The predicted octanol–water partition coefficient (Wildman–Crippen LogP) is 5.49. The average Bonchev–Trinajstić information content (AvgIpc) is 2.83. The number of halogens is 2. The van der Waals surface area contributed by atoms with Crippen LogP contribution in [0.2, 0.25) is 10.0 Å². The summed E-state index contributed by atoms with van der Waals surface area (Å²) < 4.78 is 26.4. The third kappa shape index (κ3) is 8.90. The molecule has 0 saturated carbocycles. The Morgan fingerprint density at radius 2 is 1.70 bits per heavy atom. The van der Waals surface area contributed by atoms with E-state index in [4.69, 9.17) is 23.2 Å². The number of carbonyl (C=O) groups is 2. The minimum absolute atomic E-state index is 0.0791. The maximum atomic E-state index is 13.5. The molecule has 0 aliphatic rings. The van der Waals surface area contributed by atoms with Crippen LogP contribution in [0, 0.1) is 13.8 Å². The van der Waals surface area contributed by atoms with Crippen LogP contribution in [0.5, 0.6) is 0 Å². The highest BCUT2D eigenvalue weighted by atomic mass is 35.5. The number of rotatable bonds is 13. The first-order valence-corrected chi connectivity index (χ1v) is 15.1. The molecule has 2 rings (SSSR count). The van der Waals surface area contributed by atoms with Crippen LogP contribution in [0.4, 0.5) is 5.69 Å². The van der Waals surface area contributed by atoms with Crippen molar-refractivity contribution in [2.45, 2.75) is 66.0 Å². The van der Waals surface area contributed by atoms with Crippen LogP contribution in [0.1, 0.15) is 56.2 Å². The van der Waals surface area contributed by atoms with E-state index in [0.717, 1.165) is 29.4 Å². The SMILES string of the molecule is CCCNC(=O)[C@H](CC)N(Cc1ccc(Cl)c(Cl)c1)C(=O)CCCN(c1ccc(C)c(C)c1)S(C)(=O)=O. The lowest BCUT2D eigenvalue weighted by molar-refractivity contribution is -0.141. The molecule has 7 nitrogen and oxygen atoms in total. The molecule has 0 bridgehead atoms. The summed E-state index contributed by atoms with van der Waals surface area (Å²) in [4.78, 5) is 27.9. The van der Waals surface area contributed by atoms with Gasteiger partial charge in [0.05, 0.1) is 22.0 Å². The first-order chi connectivity index (χ1) is 17.4. The molecule has 2 aromatic rings. The lowest BCUT2D eigenvalue weighted by atomic mass is 10.1. The van der Waals surface area contributed by atoms with Gasteiger partial charge in [-0.2, -0.15) is 0 Å². The molecule has 1 atom stereocenters. The van der Waals surface area contributed by atoms with E-state index in [1.54, 1.807) is 29.2 Å². The number of anilines is 1. The summed E-state index contributed by atoms with van der Waals surface area (Å²) in [6.45, 7) is 8.56. The number of carbonyl (C=O) groups excluding carboxylic acids is 2. The predicted molar refractivity (Wildman–Crippen MR) is 152 cm³/mol. The molecule has 0 unspecified atom stereocenters. The molecular formula is C27H37Cl2N3O4S. The summed E-state index contributed by atoms with van der Waals surface area (Å²) in [6.07, 6.45) is 2.74. The van der Waals surface area contributed by atoms with Gasteiger partial charge in [-0.15, -0.1) is 0 Å². The topological polar surface area (TPSA) is 86.8 Å². The summed E-state index contributed by atoms with van der Waals surface area (Å²) in [5, 5.41) is 3.66. The zero-order valence-corrected chi connectivity index (χ0v) is 24.5. The fourth-order valence-corrected chi connectivity index (χ4v) is 5.28. The maximum absolute atomic E-state index is 13.5. The van der Waals surface area contributed by atoms with Crippen LogP contribution in [-0.2, 0) is 26.2 Å². The van der Waals surface area contributed by atoms with E-state index in [2.05, 4.69) is 5.32 Å². The van der Waals surface area contributed by atoms with Gasteiger partial charge in [-0.1, -0.05) is 49.2 Å². The molecule has 1 N–H and O–H groups in total. The highest BCUT2D eigenvalue weighted by Gasteiger charge is 2.29. The Bertz CT molecular complexity index is 1200. The summed E-state index contributed by atoms with van der Waals surface area (Å²) >= 11 is 12.2. The van der Waals surface area contributed by atoms with Gasteiger partial charge in [0.2, 0.25) is 21.8 Å². The molecule has 0 heterocycles. The van der Waals surface area contributed by atoms with Gasteiger partial charge in [0.1, 0.15) is 6.04 Å². The molecule has 0 spiro atoms. The quantitative estimate of drug-likeness (QED) is 0.345. The second-order valence-electron chi connectivity index (χ2n) is 9.19. The van der Waals surface area contributed by atoms with Crippen molar-refractivity contribution in [1.82, 2.24) is 10.2 Å². The average molecular weight is 571 g/mol. The summed E-state index contributed by atoms with van der Waals surface area (Å²) in [5.41, 5.74) is 3.37. The van der Waals surface area contributed by atoms with Crippen molar-refractivity contribution in [3.63, 3.8) is 0 Å². The monoisotopic (exact) mass is 569 g/mol. The Morgan fingerprint density at radius 3 is 2.27 bits per heavy atom. The van der Waals surface area contributed by atoms with Crippen LogP contribution >= 0.6 is 23.2 Å². The van der Waals surface area contributed by atoms with Gasteiger partial charge in [-0.25, -0.2) is 8.42 Å². The largest absolute Gasteiger partial charge is 0.354 e. The number of nitrogens with one attached hydrogen (secondary N) is 1. The van der Waals surface area contributed by atoms with Crippen molar-refractivity contribution in [1.29, 1.82) is 0 Å². The molecule has 0 aliphatic carbocycles. The number of sulfonamides is 1. The first kappa shape index (κ1) is 30.9. The first-order valence-electron chi connectivity index (χ1n) is 12.4. The van der Waals surface area contributed by atoms with Crippen LogP contribution in [0.15, 0.2) is 36.4 Å². The Labute approximate surface area is 231 Å². The molecule has 37 heavy (non-hydrogen) atoms. The minimum Gasteiger partial charge on any atom is -0.354 e. The van der Waals surface area contributed by atoms with E-state index in [0.29, 0.717) is 35.1 Å². The molecule has 204 valence electrons. The maximum Gasteiger partial charge on any atom is 0.242 e. The normalized spacial score (nSPS) is 12.2. The van der Waals surface area contributed by atoms with Gasteiger partial charge in [0.15, 0.2) is 0 Å². The molecule has 2 aromatic carbocycles. The van der Waals surface area contributed by atoms with E-state index in [9.17, 15) is 18.0 Å². The fraction of sp³-hybridized carbons (Fsp3) is 0.481. The standard InChI is InChI=1S/C27H37Cl2N3O4S/c1-6-14-30-27(34)25(7-2)31(18-21-11-13-23(28)24(29)17-21)26(33)9-8-15-32(37(5,35)36)22-12-10-19(3)20(4)16-22/h10-13,16-17,25H,6-9,14-15,18H2,1-5H3,(H,30,34)/t25-/m0/s1. The molecule has 0 aliphatic heterocycles. The number of aryl methyl sites for hydroxylation is 2. The Kier molecular flexibility index (Phi) is 11.7. The van der Waals surface area contributed by atoms with Crippen LogP contribution < -0.4 is 9.62 Å². The minimum atomic E-state index is -3.55. The van der Waals surface area contributed by atoms with Gasteiger partial charge in [-0.3, -0.25) is 13.9 Å². The van der Waals surface area contributed by atoms with Crippen molar-refractivity contribution < 1.29 is 18.0 Å². The molecule has 0 radical (unpaired) electrons. The highest BCUT2D eigenvalue weighted by molar-refractivity contribution is 7.92. The van der Waals surface area contributed by atoms with Gasteiger partial charge in [0.25, 0.3) is 0 Å². The van der Waals surface area contributed by atoms with Crippen molar-refractivity contribution >= 4 is 50.7 Å². The zero-order chi connectivity index (χ0) is 27.8. The van der Waals surface area contributed by atoms with Crippen molar-refractivity contribution in [2.75, 3.05) is 23.7 Å². The van der Waals surface area contributed by atoms with E-state index in [-0.39, 0.29) is 31.3 Å². The van der Waals surface area contributed by atoms with E-state index in [1.165, 1.54) is 4.31 Å². The van der Waals surface area contributed by atoms with Gasteiger partial charge in [0, 0.05) is 26.1 Å². The second-order valence-corrected chi connectivity index (χ2v) is 11.9. The zero-order valence-electron chi connectivity index (χ0n) is 22.2. The third-order valence-electron chi connectivity index (χ3n) is 6.20. The fourth-order valence-electron chi connectivity index (χ4n) is 4.00. The number of benzene rings is 2. The highest BCUT2D eigenvalue weighted by Crippen LogP contribution is 2.25. The van der Waals surface area contributed by atoms with Crippen molar-refractivity contribution in [3.05, 3.63) is 63.1 Å². The molecule has 0 saturated heterocycles. The van der Waals surface area contributed by atoms with Gasteiger partial charge < -0.3 is 10.2 Å². The van der Waals surface area contributed by atoms with Gasteiger partial charge in [-0.05, 0) is 74.1 Å². The molecule has 0 fully saturated rings. The summed E-state index contributed by atoms with van der Waals surface area (Å²) in [7, 11) is -3.55. The van der Waals surface area contributed by atoms with Crippen LogP contribution in [0.25, 0.3) is 0 Å². The lowest BCUT2D eigenvalue weighted by Gasteiger charge is -2.31. The smallest absolute Gasteiger partial charge is 0.242 e. The van der Waals surface area contributed by atoms with E-state index >= 15 is 0 Å². The molecular weight excluding hydrogens is 533 g/mol. The van der Waals surface area contributed by atoms with Crippen LogP contribution in [0.3, 0.4) is 0 Å². The molecule has 0 aromatic heterocycles. The Morgan fingerprint density at radius 1 is 1.00 bits per heavy atom. The lowest BCUT2D eigenvalue weighted by Crippen LogP contribution is -2.49. The summed E-state index contributed by atoms with van der Waals surface area (Å²) in [6, 6.07) is 9.94. The molecule has 10 heteroatoms.